The standard InChI is InChI=1S/C12H18N2O/c1-14(7-6-13)11-4-5-12-10(9-11)3-2-8-15-12/h4-5,9H,2-3,6-8,13H2,1H3. The van der Waals surface area contributed by atoms with E-state index in [1.807, 2.05) is 0 Å². The van der Waals surface area contributed by atoms with E-state index in [2.05, 4.69) is 30.1 Å². The van der Waals surface area contributed by atoms with Crippen molar-refractivity contribution < 1.29 is 4.74 Å². The molecule has 0 bridgehead atoms. The number of hydrogen-bond donors (Lipinski definition) is 1. The predicted molar refractivity (Wildman–Crippen MR) is 62.6 cm³/mol. The summed E-state index contributed by atoms with van der Waals surface area (Å²) in [7, 11) is 2.07. The van der Waals surface area contributed by atoms with Crippen LogP contribution >= 0.6 is 0 Å². The molecular weight excluding hydrogens is 188 g/mol. The summed E-state index contributed by atoms with van der Waals surface area (Å²) < 4.78 is 5.57. The van der Waals surface area contributed by atoms with Crippen molar-refractivity contribution in [2.45, 2.75) is 12.8 Å². The molecule has 1 aliphatic heterocycles. The Balaban J connectivity index is 2.20. The monoisotopic (exact) mass is 206 g/mol. The third kappa shape index (κ3) is 2.23. The summed E-state index contributed by atoms with van der Waals surface area (Å²) >= 11 is 0. The molecule has 0 saturated heterocycles. The summed E-state index contributed by atoms with van der Waals surface area (Å²) in [5.74, 6) is 1.05. The van der Waals surface area contributed by atoms with E-state index in [1.54, 1.807) is 0 Å². The van der Waals surface area contributed by atoms with E-state index < -0.39 is 0 Å². The van der Waals surface area contributed by atoms with Crippen molar-refractivity contribution in [1.29, 1.82) is 0 Å². The Morgan fingerprint density at radius 1 is 1.47 bits per heavy atom. The summed E-state index contributed by atoms with van der Waals surface area (Å²) in [5.41, 5.74) is 8.09. The first-order valence-corrected chi connectivity index (χ1v) is 5.48. The lowest BCUT2D eigenvalue weighted by molar-refractivity contribution is 0.288. The van der Waals surface area contributed by atoms with Crippen LogP contribution in [0, 0.1) is 0 Å². The van der Waals surface area contributed by atoms with Gasteiger partial charge in [0.15, 0.2) is 0 Å². The topological polar surface area (TPSA) is 38.5 Å². The maximum absolute atomic E-state index is 5.57. The fourth-order valence-electron chi connectivity index (χ4n) is 1.91. The largest absolute Gasteiger partial charge is 0.493 e. The molecule has 15 heavy (non-hydrogen) atoms. The van der Waals surface area contributed by atoms with Crippen molar-refractivity contribution in [1.82, 2.24) is 0 Å². The van der Waals surface area contributed by atoms with E-state index in [9.17, 15) is 0 Å². The summed E-state index contributed by atoms with van der Waals surface area (Å²) in [6.07, 6.45) is 2.25. The van der Waals surface area contributed by atoms with Gasteiger partial charge in [0.2, 0.25) is 0 Å². The number of fused-ring (bicyclic) bond motifs is 1. The summed E-state index contributed by atoms with van der Waals surface area (Å²) in [6, 6.07) is 6.38. The second-order valence-electron chi connectivity index (χ2n) is 3.95. The van der Waals surface area contributed by atoms with Crippen LogP contribution in [0.25, 0.3) is 0 Å². The second kappa shape index (κ2) is 4.53. The van der Waals surface area contributed by atoms with Crippen molar-refractivity contribution in [3.63, 3.8) is 0 Å². The molecule has 1 heterocycles. The fraction of sp³-hybridized carbons (Fsp3) is 0.500. The molecule has 1 aromatic rings. The second-order valence-corrected chi connectivity index (χ2v) is 3.95. The van der Waals surface area contributed by atoms with Crippen LogP contribution in [0.15, 0.2) is 18.2 Å². The highest BCUT2D eigenvalue weighted by molar-refractivity contribution is 5.53. The quantitative estimate of drug-likeness (QED) is 0.812. The minimum Gasteiger partial charge on any atom is -0.493 e. The third-order valence-corrected chi connectivity index (χ3v) is 2.80. The van der Waals surface area contributed by atoms with E-state index in [0.717, 1.165) is 31.7 Å². The number of rotatable bonds is 3. The minimum atomic E-state index is 0.685. The molecule has 3 heteroatoms. The number of benzene rings is 1. The van der Waals surface area contributed by atoms with Crippen LogP contribution in [-0.4, -0.2) is 26.7 Å². The Kier molecular flexibility index (Phi) is 3.11. The molecule has 82 valence electrons. The van der Waals surface area contributed by atoms with Crippen molar-refractivity contribution in [3.05, 3.63) is 23.8 Å². The highest BCUT2D eigenvalue weighted by Gasteiger charge is 2.11. The summed E-state index contributed by atoms with van der Waals surface area (Å²) in [6.45, 7) is 2.43. The third-order valence-electron chi connectivity index (χ3n) is 2.80. The van der Waals surface area contributed by atoms with Gasteiger partial charge in [-0.3, -0.25) is 0 Å². The summed E-state index contributed by atoms with van der Waals surface area (Å²) in [4.78, 5) is 2.18. The zero-order chi connectivity index (χ0) is 10.7. The van der Waals surface area contributed by atoms with Gasteiger partial charge in [0.1, 0.15) is 5.75 Å². The molecule has 1 aliphatic rings. The average Bonchev–Trinajstić information content (AvgIpc) is 2.29. The van der Waals surface area contributed by atoms with Gasteiger partial charge < -0.3 is 15.4 Å². The molecule has 2 N–H and O–H groups in total. The van der Waals surface area contributed by atoms with Crippen LogP contribution in [-0.2, 0) is 6.42 Å². The van der Waals surface area contributed by atoms with Gasteiger partial charge in [0.25, 0.3) is 0 Å². The maximum Gasteiger partial charge on any atom is 0.122 e. The average molecular weight is 206 g/mol. The fourth-order valence-corrected chi connectivity index (χ4v) is 1.91. The molecule has 2 rings (SSSR count). The molecule has 0 saturated carbocycles. The van der Waals surface area contributed by atoms with Gasteiger partial charge in [-0.15, -0.1) is 0 Å². The zero-order valence-electron chi connectivity index (χ0n) is 9.20. The normalized spacial score (nSPS) is 14.3. The van der Waals surface area contributed by atoms with Crippen LogP contribution in [0.4, 0.5) is 5.69 Å². The van der Waals surface area contributed by atoms with E-state index in [0.29, 0.717) is 6.54 Å². The highest BCUT2D eigenvalue weighted by atomic mass is 16.5. The molecular formula is C12H18N2O. The van der Waals surface area contributed by atoms with Crippen LogP contribution in [0.2, 0.25) is 0 Å². The SMILES string of the molecule is CN(CCN)c1ccc2c(c1)CCCO2. The van der Waals surface area contributed by atoms with E-state index >= 15 is 0 Å². The predicted octanol–water partition coefficient (Wildman–Crippen LogP) is 1.41. The van der Waals surface area contributed by atoms with Crippen LogP contribution in [0.3, 0.4) is 0 Å². The first-order chi connectivity index (χ1) is 7.31. The van der Waals surface area contributed by atoms with E-state index in [1.165, 1.54) is 11.3 Å². The molecule has 0 aliphatic carbocycles. The first kappa shape index (κ1) is 10.3. The van der Waals surface area contributed by atoms with Gasteiger partial charge in [0.05, 0.1) is 6.61 Å². The van der Waals surface area contributed by atoms with Gasteiger partial charge in [-0.25, -0.2) is 0 Å². The first-order valence-electron chi connectivity index (χ1n) is 5.48. The molecule has 0 unspecified atom stereocenters. The molecule has 0 radical (unpaired) electrons. The lowest BCUT2D eigenvalue weighted by Crippen LogP contribution is -2.25. The van der Waals surface area contributed by atoms with Crippen LogP contribution in [0.1, 0.15) is 12.0 Å². The molecule has 0 amide bonds. The van der Waals surface area contributed by atoms with Gasteiger partial charge in [-0.2, -0.15) is 0 Å². The molecule has 3 nitrogen and oxygen atoms in total. The van der Waals surface area contributed by atoms with Gasteiger partial charge in [-0.1, -0.05) is 0 Å². The molecule has 0 spiro atoms. The number of ether oxygens (including phenoxy) is 1. The lowest BCUT2D eigenvalue weighted by Gasteiger charge is -2.22. The van der Waals surface area contributed by atoms with Gasteiger partial charge in [-0.05, 0) is 36.6 Å². The zero-order valence-corrected chi connectivity index (χ0v) is 9.20. The van der Waals surface area contributed by atoms with Crippen molar-refractivity contribution in [3.8, 4) is 5.75 Å². The molecule has 0 atom stereocenters. The highest BCUT2D eigenvalue weighted by Crippen LogP contribution is 2.28. The molecule has 0 aromatic heterocycles. The van der Waals surface area contributed by atoms with E-state index in [4.69, 9.17) is 10.5 Å². The molecule has 0 fully saturated rings. The van der Waals surface area contributed by atoms with Crippen LogP contribution in [0.5, 0.6) is 5.75 Å². The van der Waals surface area contributed by atoms with Gasteiger partial charge in [0, 0.05) is 25.8 Å². The van der Waals surface area contributed by atoms with Crippen molar-refractivity contribution in [2.24, 2.45) is 5.73 Å². The van der Waals surface area contributed by atoms with Crippen molar-refractivity contribution >= 4 is 5.69 Å². The smallest absolute Gasteiger partial charge is 0.122 e. The number of aryl methyl sites for hydroxylation is 1. The number of nitrogens with two attached hydrogens (primary N) is 1. The van der Waals surface area contributed by atoms with E-state index in [-0.39, 0.29) is 0 Å². The number of likely N-dealkylation sites (N-methyl/N-ethyl adjacent to an activating group) is 1. The Labute approximate surface area is 90.8 Å². The lowest BCUT2D eigenvalue weighted by atomic mass is 10.1. The number of hydrogen-bond acceptors (Lipinski definition) is 3. The number of nitrogens with zero attached hydrogens (tertiary/aromatic N) is 1. The Hall–Kier alpha value is -1.22. The number of anilines is 1. The van der Waals surface area contributed by atoms with Gasteiger partial charge >= 0.3 is 0 Å². The maximum atomic E-state index is 5.57. The molecule has 1 aromatic carbocycles. The van der Waals surface area contributed by atoms with Crippen LogP contribution < -0.4 is 15.4 Å². The Bertz CT molecular complexity index is 338. The minimum absolute atomic E-state index is 0.685. The summed E-state index contributed by atoms with van der Waals surface area (Å²) in [5, 5.41) is 0. The van der Waals surface area contributed by atoms with Crippen molar-refractivity contribution in [2.75, 3.05) is 31.6 Å². The Morgan fingerprint density at radius 3 is 3.13 bits per heavy atom. The Morgan fingerprint density at radius 2 is 2.33 bits per heavy atom.